The van der Waals surface area contributed by atoms with Crippen molar-refractivity contribution >= 4 is 40.5 Å². The second-order valence-electron chi connectivity index (χ2n) is 5.12. The van der Waals surface area contributed by atoms with Crippen molar-refractivity contribution in [2.24, 2.45) is 0 Å². The first-order chi connectivity index (χ1) is 11.4. The average Bonchev–Trinajstić information content (AvgIpc) is 2.53. The van der Waals surface area contributed by atoms with Gasteiger partial charge in [-0.25, -0.2) is 0 Å². The summed E-state index contributed by atoms with van der Waals surface area (Å²) in [6, 6.07) is 10.7. The Morgan fingerprint density at radius 2 is 2.00 bits per heavy atom. The molecule has 8 heteroatoms. The Morgan fingerprint density at radius 3 is 2.67 bits per heavy atom. The lowest BCUT2D eigenvalue weighted by Crippen LogP contribution is -2.32. The Morgan fingerprint density at radius 1 is 1.25 bits per heavy atom. The number of nitrogens with zero attached hydrogens (tertiary/aromatic N) is 1. The van der Waals surface area contributed by atoms with Gasteiger partial charge < -0.3 is 10.6 Å². The number of anilines is 1. The van der Waals surface area contributed by atoms with Crippen LogP contribution in [0.4, 0.5) is 11.4 Å². The molecule has 2 N–H and O–H groups in total. The van der Waals surface area contributed by atoms with E-state index in [1.54, 1.807) is 37.3 Å². The van der Waals surface area contributed by atoms with Gasteiger partial charge in [-0.05, 0) is 30.7 Å². The molecule has 24 heavy (non-hydrogen) atoms. The van der Waals surface area contributed by atoms with Crippen molar-refractivity contribution in [3.63, 3.8) is 0 Å². The standard InChI is InChI=1S/C16H15Cl2N3O3/c1-10(14-6-5-11(17)7-15(14)18)20-16(22)9-19-12-3-2-4-13(8-12)21(23)24/h2-8,10,19H,9H2,1H3,(H,20,22)/t10-/m1/s1. The van der Waals surface area contributed by atoms with E-state index in [0.29, 0.717) is 15.7 Å². The third kappa shape index (κ3) is 4.84. The van der Waals surface area contributed by atoms with Gasteiger partial charge in [0.15, 0.2) is 0 Å². The van der Waals surface area contributed by atoms with Crippen LogP contribution in [0.15, 0.2) is 42.5 Å². The number of rotatable bonds is 6. The van der Waals surface area contributed by atoms with Gasteiger partial charge in [0, 0.05) is 27.9 Å². The van der Waals surface area contributed by atoms with Crippen molar-refractivity contribution in [2.45, 2.75) is 13.0 Å². The Hall–Kier alpha value is -2.31. The van der Waals surface area contributed by atoms with Crippen LogP contribution in [0.3, 0.4) is 0 Å². The fourth-order valence-corrected chi connectivity index (χ4v) is 2.71. The first-order valence-corrected chi connectivity index (χ1v) is 7.85. The van der Waals surface area contributed by atoms with Gasteiger partial charge in [-0.1, -0.05) is 35.3 Å². The number of halogens is 2. The minimum absolute atomic E-state index is 0.0171. The fraction of sp³-hybridized carbons (Fsp3) is 0.188. The molecule has 0 saturated carbocycles. The summed E-state index contributed by atoms with van der Waals surface area (Å²) in [5.74, 6) is -0.264. The van der Waals surface area contributed by atoms with Gasteiger partial charge in [0.05, 0.1) is 17.5 Å². The van der Waals surface area contributed by atoms with Gasteiger partial charge in [0.25, 0.3) is 5.69 Å². The van der Waals surface area contributed by atoms with Crippen LogP contribution in [0.1, 0.15) is 18.5 Å². The number of carbonyl (C=O) groups is 1. The maximum atomic E-state index is 12.0. The summed E-state index contributed by atoms with van der Waals surface area (Å²) in [6.45, 7) is 1.79. The van der Waals surface area contributed by atoms with Crippen LogP contribution < -0.4 is 10.6 Å². The summed E-state index contributed by atoms with van der Waals surface area (Å²) in [4.78, 5) is 22.3. The Kier molecular flexibility index (Phi) is 6.00. The highest BCUT2D eigenvalue weighted by Crippen LogP contribution is 2.26. The quantitative estimate of drug-likeness (QED) is 0.592. The number of nitrogens with one attached hydrogen (secondary N) is 2. The molecule has 0 aliphatic carbocycles. The van der Waals surface area contributed by atoms with E-state index >= 15 is 0 Å². The van der Waals surface area contributed by atoms with Gasteiger partial charge >= 0.3 is 0 Å². The van der Waals surface area contributed by atoms with Gasteiger partial charge in [-0.15, -0.1) is 0 Å². The third-order valence-electron chi connectivity index (χ3n) is 3.32. The lowest BCUT2D eigenvalue weighted by Gasteiger charge is -2.16. The van der Waals surface area contributed by atoms with E-state index in [-0.39, 0.29) is 24.2 Å². The van der Waals surface area contributed by atoms with Crippen LogP contribution in [-0.4, -0.2) is 17.4 Å². The van der Waals surface area contributed by atoms with Crippen molar-refractivity contribution < 1.29 is 9.72 Å². The van der Waals surface area contributed by atoms with Gasteiger partial charge in [0.1, 0.15) is 0 Å². The summed E-state index contributed by atoms with van der Waals surface area (Å²) in [7, 11) is 0. The first-order valence-electron chi connectivity index (χ1n) is 7.09. The zero-order valence-corrected chi connectivity index (χ0v) is 14.3. The van der Waals surface area contributed by atoms with Crippen molar-refractivity contribution in [1.29, 1.82) is 0 Å². The molecule has 0 bridgehead atoms. The lowest BCUT2D eigenvalue weighted by molar-refractivity contribution is -0.384. The molecular formula is C16H15Cl2N3O3. The monoisotopic (exact) mass is 367 g/mol. The predicted octanol–water partition coefficient (Wildman–Crippen LogP) is 4.19. The van der Waals surface area contributed by atoms with Crippen LogP contribution in [0.2, 0.25) is 10.0 Å². The van der Waals surface area contributed by atoms with Gasteiger partial charge in [-0.3, -0.25) is 14.9 Å². The van der Waals surface area contributed by atoms with Crippen molar-refractivity contribution in [2.75, 3.05) is 11.9 Å². The molecule has 0 radical (unpaired) electrons. The van der Waals surface area contributed by atoms with Crippen LogP contribution in [0.25, 0.3) is 0 Å². The number of hydrogen-bond acceptors (Lipinski definition) is 4. The van der Waals surface area contributed by atoms with E-state index in [1.165, 1.54) is 12.1 Å². The van der Waals surface area contributed by atoms with E-state index in [1.807, 2.05) is 0 Å². The summed E-state index contributed by atoms with van der Waals surface area (Å²) < 4.78 is 0. The summed E-state index contributed by atoms with van der Waals surface area (Å²) in [6.07, 6.45) is 0. The smallest absolute Gasteiger partial charge is 0.271 e. The Balaban J connectivity index is 1.93. The second-order valence-corrected chi connectivity index (χ2v) is 5.96. The molecule has 0 aliphatic rings. The van der Waals surface area contributed by atoms with Gasteiger partial charge in [0.2, 0.25) is 5.91 Å². The van der Waals surface area contributed by atoms with E-state index in [4.69, 9.17) is 23.2 Å². The molecule has 0 heterocycles. The normalized spacial score (nSPS) is 11.6. The molecule has 0 aliphatic heterocycles. The van der Waals surface area contributed by atoms with Crippen molar-refractivity contribution in [1.82, 2.24) is 5.32 Å². The van der Waals surface area contributed by atoms with Gasteiger partial charge in [-0.2, -0.15) is 0 Å². The second kappa shape index (κ2) is 7.99. The Bertz CT molecular complexity index is 768. The zero-order valence-electron chi connectivity index (χ0n) is 12.8. The number of hydrogen-bond donors (Lipinski definition) is 2. The highest BCUT2D eigenvalue weighted by atomic mass is 35.5. The fourth-order valence-electron chi connectivity index (χ4n) is 2.13. The summed E-state index contributed by atoms with van der Waals surface area (Å²) in [5.41, 5.74) is 1.21. The summed E-state index contributed by atoms with van der Waals surface area (Å²) >= 11 is 12.0. The first kappa shape index (κ1) is 18.0. The SMILES string of the molecule is C[C@@H](NC(=O)CNc1cccc([N+](=O)[O-])c1)c1ccc(Cl)cc1Cl. The van der Waals surface area contributed by atoms with Crippen molar-refractivity contribution in [3.8, 4) is 0 Å². The number of amides is 1. The molecule has 0 saturated heterocycles. The maximum absolute atomic E-state index is 12.0. The molecule has 2 aromatic carbocycles. The largest absolute Gasteiger partial charge is 0.376 e. The summed E-state index contributed by atoms with van der Waals surface area (Å²) in [5, 5.41) is 17.4. The number of nitro benzene ring substituents is 1. The van der Waals surface area contributed by atoms with Crippen LogP contribution >= 0.6 is 23.2 Å². The molecule has 2 rings (SSSR count). The van der Waals surface area contributed by atoms with E-state index < -0.39 is 4.92 Å². The molecule has 0 fully saturated rings. The Labute approximate surface area is 148 Å². The minimum Gasteiger partial charge on any atom is -0.376 e. The van der Waals surface area contributed by atoms with E-state index in [9.17, 15) is 14.9 Å². The molecule has 0 unspecified atom stereocenters. The van der Waals surface area contributed by atoms with Crippen LogP contribution in [0.5, 0.6) is 0 Å². The number of non-ortho nitro benzene ring substituents is 1. The zero-order chi connectivity index (χ0) is 17.7. The highest BCUT2D eigenvalue weighted by Gasteiger charge is 2.13. The molecule has 0 spiro atoms. The molecule has 2 aromatic rings. The molecule has 1 amide bonds. The van der Waals surface area contributed by atoms with Crippen molar-refractivity contribution in [3.05, 3.63) is 68.2 Å². The van der Waals surface area contributed by atoms with E-state index in [0.717, 1.165) is 5.56 Å². The van der Waals surface area contributed by atoms with Crippen LogP contribution in [-0.2, 0) is 4.79 Å². The number of benzene rings is 2. The van der Waals surface area contributed by atoms with E-state index in [2.05, 4.69) is 10.6 Å². The maximum Gasteiger partial charge on any atom is 0.271 e. The average molecular weight is 368 g/mol. The highest BCUT2D eigenvalue weighted by molar-refractivity contribution is 6.35. The number of carbonyl (C=O) groups excluding carboxylic acids is 1. The molecule has 1 atom stereocenters. The lowest BCUT2D eigenvalue weighted by atomic mass is 10.1. The predicted molar refractivity (Wildman–Crippen MR) is 94.6 cm³/mol. The number of nitro groups is 1. The van der Waals surface area contributed by atoms with Crippen LogP contribution in [0, 0.1) is 10.1 Å². The molecular weight excluding hydrogens is 353 g/mol. The minimum atomic E-state index is -0.490. The molecule has 126 valence electrons. The molecule has 0 aromatic heterocycles. The topological polar surface area (TPSA) is 84.3 Å². The molecule has 6 nitrogen and oxygen atoms in total. The third-order valence-corrected chi connectivity index (χ3v) is 3.88.